The Bertz CT molecular complexity index is 806. The number of piperidine rings is 1. The number of likely N-dealkylation sites (tertiary alicyclic amines) is 1. The second-order valence-corrected chi connectivity index (χ2v) is 13.0. The minimum absolute atomic E-state index is 0.0706. The Hall–Kier alpha value is -2.16. The molecule has 1 aliphatic heterocycles. The standard InChI is InChI=1S/C31H55NO8/c1-7-8-9-10-11-12-13-14-15-16-17-25(22-20-30(2,3)32(6)31(4,5)21-22)40-27(35)19-24(29(38)39)23(28(36)37)18-26(33)34/h22-25H,7-21H2,1-6H3,(H,33,34)(H,36,37)(H,38,39). The first kappa shape index (κ1) is 35.9. The van der Waals surface area contributed by atoms with Gasteiger partial charge in [-0.15, -0.1) is 0 Å². The van der Waals surface area contributed by atoms with E-state index in [1.54, 1.807) is 0 Å². The third-order valence-corrected chi connectivity index (χ3v) is 8.89. The zero-order valence-corrected chi connectivity index (χ0v) is 25.7. The fraction of sp³-hybridized carbons (Fsp3) is 0.871. The third-order valence-electron chi connectivity index (χ3n) is 8.89. The minimum Gasteiger partial charge on any atom is -0.481 e. The number of carbonyl (C=O) groups is 4. The van der Waals surface area contributed by atoms with Crippen LogP contribution < -0.4 is 0 Å². The summed E-state index contributed by atoms with van der Waals surface area (Å²) in [6.07, 6.45) is 12.2. The molecule has 1 aliphatic rings. The van der Waals surface area contributed by atoms with E-state index in [2.05, 4.69) is 46.6 Å². The van der Waals surface area contributed by atoms with E-state index in [-0.39, 0.29) is 17.0 Å². The van der Waals surface area contributed by atoms with E-state index in [0.717, 1.165) is 32.1 Å². The summed E-state index contributed by atoms with van der Waals surface area (Å²) in [6, 6.07) is 0. The van der Waals surface area contributed by atoms with Crippen molar-refractivity contribution in [2.24, 2.45) is 17.8 Å². The fourth-order valence-corrected chi connectivity index (χ4v) is 6.32. The number of nitrogens with zero attached hydrogens (tertiary/aromatic N) is 1. The van der Waals surface area contributed by atoms with Crippen LogP contribution in [0.3, 0.4) is 0 Å². The first-order valence-electron chi connectivity index (χ1n) is 15.2. The van der Waals surface area contributed by atoms with Crippen molar-refractivity contribution in [3.63, 3.8) is 0 Å². The Morgan fingerprint density at radius 2 is 1.18 bits per heavy atom. The lowest BCUT2D eigenvalue weighted by molar-refractivity contribution is -0.166. The van der Waals surface area contributed by atoms with Crippen LogP contribution in [0, 0.1) is 17.8 Å². The number of carbonyl (C=O) groups excluding carboxylic acids is 1. The van der Waals surface area contributed by atoms with Crippen molar-refractivity contribution >= 4 is 23.9 Å². The van der Waals surface area contributed by atoms with E-state index in [1.807, 2.05) is 0 Å². The van der Waals surface area contributed by atoms with Crippen molar-refractivity contribution in [3.05, 3.63) is 0 Å². The molecule has 0 bridgehead atoms. The predicted molar refractivity (Wildman–Crippen MR) is 154 cm³/mol. The molecule has 0 aliphatic carbocycles. The molecular formula is C31H55NO8. The second kappa shape index (κ2) is 16.9. The predicted octanol–water partition coefficient (Wildman–Crippen LogP) is 6.37. The van der Waals surface area contributed by atoms with Crippen molar-refractivity contribution < 1.29 is 39.2 Å². The highest BCUT2D eigenvalue weighted by atomic mass is 16.5. The average molecular weight is 570 g/mol. The molecule has 0 aromatic heterocycles. The van der Waals surface area contributed by atoms with Gasteiger partial charge in [0, 0.05) is 11.1 Å². The Morgan fingerprint density at radius 1 is 0.750 bits per heavy atom. The van der Waals surface area contributed by atoms with Gasteiger partial charge in [0.15, 0.2) is 0 Å². The second-order valence-electron chi connectivity index (χ2n) is 13.0. The molecule has 9 nitrogen and oxygen atoms in total. The topological polar surface area (TPSA) is 141 Å². The normalized spacial score (nSPS) is 19.4. The van der Waals surface area contributed by atoms with Crippen LogP contribution in [0.2, 0.25) is 0 Å². The molecule has 1 fully saturated rings. The molecule has 40 heavy (non-hydrogen) atoms. The number of hydrogen-bond acceptors (Lipinski definition) is 6. The van der Waals surface area contributed by atoms with E-state index in [1.165, 1.54) is 44.9 Å². The molecule has 232 valence electrons. The van der Waals surface area contributed by atoms with E-state index in [0.29, 0.717) is 6.42 Å². The molecule has 9 heteroatoms. The number of carboxylic acids is 3. The molecule has 1 saturated heterocycles. The molecule has 0 radical (unpaired) electrons. The third kappa shape index (κ3) is 12.1. The molecule has 1 rings (SSSR count). The van der Waals surface area contributed by atoms with Crippen molar-refractivity contribution in [2.75, 3.05) is 7.05 Å². The average Bonchev–Trinajstić information content (AvgIpc) is 2.84. The summed E-state index contributed by atoms with van der Waals surface area (Å²) in [4.78, 5) is 50.1. The number of carboxylic acid groups (broad SMARTS) is 3. The van der Waals surface area contributed by atoms with Crippen LogP contribution in [-0.2, 0) is 23.9 Å². The van der Waals surface area contributed by atoms with Gasteiger partial charge in [-0.25, -0.2) is 0 Å². The molecule has 3 N–H and O–H groups in total. The fourth-order valence-electron chi connectivity index (χ4n) is 6.32. The van der Waals surface area contributed by atoms with E-state index in [9.17, 15) is 29.4 Å². The summed E-state index contributed by atoms with van der Waals surface area (Å²) in [6.45, 7) is 10.9. The lowest BCUT2D eigenvalue weighted by Crippen LogP contribution is -2.60. The number of hydrogen-bond donors (Lipinski definition) is 3. The lowest BCUT2D eigenvalue weighted by atomic mass is 9.71. The Morgan fingerprint density at radius 3 is 1.60 bits per heavy atom. The van der Waals surface area contributed by atoms with Crippen molar-refractivity contribution in [3.8, 4) is 0 Å². The maximum atomic E-state index is 13.1. The molecule has 3 atom stereocenters. The van der Waals surface area contributed by atoms with E-state index in [4.69, 9.17) is 9.84 Å². The summed E-state index contributed by atoms with van der Waals surface area (Å²) < 4.78 is 5.95. The Balaban J connectivity index is 2.90. The summed E-state index contributed by atoms with van der Waals surface area (Å²) in [7, 11) is 2.10. The van der Waals surface area contributed by atoms with Gasteiger partial charge >= 0.3 is 23.9 Å². The van der Waals surface area contributed by atoms with E-state index >= 15 is 0 Å². The van der Waals surface area contributed by atoms with Gasteiger partial charge in [0.05, 0.1) is 24.7 Å². The molecule has 3 unspecified atom stereocenters. The first-order chi connectivity index (χ1) is 18.6. The highest BCUT2D eigenvalue weighted by Crippen LogP contribution is 2.43. The number of esters is 1. The van der Waals surface area contributed by atoms with Gasteiger partial charge in [-0.3, -0.25) is 24.1 Å². The molecule has 1 heterocycles. The molecule has 0 aromatic rings. The molecule has 0 saturated carbocycles. The number of unbranched alkanes of at least 4 members (excludes halogenated alkanes) is 9. The zero-order valence-electron chi connectivity index (χ0n) is 25.7. The summed E-state index contributed by atoms with van der Waals surface area (Å²) in [5.74, 6) is -8.60. The van der Waals surface area contributed by atoms with E-state index < -0.39 is 54.7 Å². The van der Waals surface area contributed by atoms with Crippen LogP contribution in [-0.4, -0.2) is 68.3 Å². The number of aliphatic carboxylic acids is 3. The van der Waals surface area contributed by atoms with Crippen LogP contribution in [0.25, 0.3) is 0 Å². The molecular weight excluding hydrogens is 514 g/mol. The molecule has 0 amide bonds. The van der Waals surface area contributed by atoms with Crippen LogP contribution >= 0.6 is 0 Å². The van der Waals surface area contributed by atoms with Gasteiger partial charge in [-0.2, -0.15) is 0 Å². The van der Waals surface area contributed by atoms with Gasteiger partial charge in [-0.1, -0.05) is 64.7 Å². The van der Waals surface area contributed by atoms with Gasteiger partial charge in [-0.05, 0) is 66.3 Å². The summed E-state index contributed by atoms with van der Waals surface area (Å²) in [5.41, 5.74) is -0.261. The van der Waals surface area contributed by atoms with Gasteiger partial charge in [0.1, 0.15) is 6.10 Å². The maximum Gasteiger partial charge on any atom is 0.307 e. The summed E-state index contributed by atoms with van der Waals surface area (Å²) in [5, 5.41) is 28.2. The summed E-state index contributed by atoms with van der Waals surface area (Å²) >= 11 is 0. The number of ether oxygens (including phenoxy) is 1. The van der Waals surface area contributed by atoms with Crippen molar-refractivity contribution in [2.45, 2.75) is 148 Å². The highest BCUT2D eigenvalue weighted by Gasteiger charge is 2.46. The van der Waals surface area contributed by atoms with Crippen molar-refractivity contribution in [1.82, 2.24) is 4.90 Å². The molecule has 0 spiro atoms. The zero-order chi connectivity index (χ0) is 30.5. The Labute approximate surface area is 241 Å². The first-order valence-corrected chi connectivity index (χ1v) is 15.2. The van der Waals surface area contributed by atoms with Gasteiger partial charge < -0.3 is 20.1 Å². The highest BCUT2D eigenvalue weighted by molar-refractivity contribution is 5.86. The van der Waals surface area contributed by atoms with Crippen LogP contribution in [0.4, 0.5) is 0 Å². The van der Waals surface area contributed by atoms with Crippen LogP contribution in [0.1, 0.15) is 131 Å². The quantitative estimate of drug-likeness (QED) is 0.112. The maximum absolute atomic E-state index is 13.1. The van der Waals surface area contributed by atoms with Crippen molar-refractivity contribution in [1.29, 1.82) is 0 Å². The largest absolute Gasteiger partial charge is 0.481 e. The number of rotatable bonds is 20. The molecule has 0 aromatic carbocycles. The SMILES string of the molecule is CCCCCCCCCCCCC(OC(=O)CC(C(=O)O)C(CC(=O)O)C(=O)O)C1CC(C)(C)N(C)C(C)(C)C1. The minimum atomic E-state index is -1.72. The lowest BCUT2D eigenvalue weighted by Gasteiger charge is -2.54. The monoisotopic (exact) mass is 569 g/mol. The smallest absolute Gasteiger partial charge is 0.307 e. The van der Waals surface area contributed by atoms with Crippen LogP contribution in [0.5, 0.6) is 0 Å². The Kier molecular flexibility index (Phi) is 15.2. The van der Waals surface area contributed by atoms with Gasteiger partial charge in [0.25, 0.3) is 0 Å². The van der Waals surface area contributed by atoms with Gasteiger partial charge in [0.2, 0.25) is 0 Å². The van der Waals surface area contributed by atoms with Crippen LogP contribution in [0.15, 0.2) is 0 Å².